The van der Waals surface area contributed by atoms with Gasteiger partial charge in [-0.25, -0.2) is 9.97 Å². The maximum absolute atomic E-state index is 12.1. The van der Waals surface area contributed by atoms with E-state index in [-0.39, 0.29) is 5.91 Å². The quantitative estimate of drug-likeness (QED) is 0.885. The highest BCUT2D eigenvalue weighted by Gasteiger charge is 2.11. The standard InChI is InChI=1S/C17H20N4O2/c1-2-18-17-20-10-14(11-21-17)16(22)19-9-12-5-6-15-13(8-12)4-3-7-23-15/h5-6,8,10-11H,2-4,7,9H2,1H3,(H,19,22)(H,18,20,21). The third kappa shape index (κ3) is 3.77. The van der Waals surface area contributed by atoms with E-state index in [4.69, 9.17) is 4.74 Å². The number of nitrogens with zero attached hydrogens (tertiary/aromatic N) is 2. The molecule has 0 unspecified atom stereocenters. The summed E-state index contributed by atoms with van der Waals surface area (Å²) in [4.78, 5) is 20.3. The molecule has 0 bridgehead atoms. The molecule has 3 rings (SSSR count). The first-order chi connectivity index (χ1) is 11.3. The van der Waals surface area contributed by atoms with E-state index in [1.54, 1.807) is 0 Å². The van der Waals surface area contributed by atoms with Gasteiger partial charge in [-0.15, -0.1) is 0 Å². The molecule has 0 saturated carbocycles. The fourth-order valence-corrected chi connectivity index (χ4v) is 2.50. The molecule has 0 fully saturated rings. The highest BCUT2D eigenvalue weighted by Crippen LogP contribution is 2.25. The highest BCUT2D eigenvalue weighted by molar-refractivity contribution is 5.93. The molecule has 0 aliphatic carbocycles. The summed E-state index contributed by atoms with van der Waals surface area (Å²) in [5.74, 6) is 1.31. The van der Waals surface area contributed by atoms with E-state index in [1.807, 2.05) is 19.1 Å². The fourth-order valence-electron chi connectivity index (χ4n) is 2.50. The smallest absolute Gasteiger partial charge is 0.254 e. The molecule has 1 aliphatic rings. The molecule has 0 atom stereocenters. The first-order valence-electron chi connectivity index (χ1n) is 7.85. The van der Waals surface area contributed by atoms with Gasteiger partial charge in [-0.3, -0.25) is 4.79 Å². The van der Waals surface area contributed by atoms with Crippen molar-refractivity contribution in [3.63, 3.8) is 0 Å². The van der Waals surface area contributed by atoms with E-state index in [9.17, 15) is 4.79 Å². The summed E-state index contributed by atoms with van der Waals surface area (Å²) in [6, 6.07) is 6.05. The molecule has 1 aromatic heterocycles. The molecular formula is C17H20N4O2. The zero-order chi connectivity index (χ0) is 16.1. The van der Waals surface area contributed by atoms with E-state index in [2.05, 4.69) is 26.7 Å². The lowest BCUT2D eigenvalue weighted by molar-refractivity contribution is 0.0950. The molecule has 2 heterocycles. The van der Waals surface area contributed by atoms with Crippen molar-refractivity contribution in [1.29, 1.82) is 0 Å². The van der Waals surface area contributed by atoms with E-state index in [0.717, 1.165) is 37.3 Å². The normalized spacial score (nSPS) is 12.9. The summed E-state index contributed by atoms with van der Waals surface area (Å²) in [5, 5.41) is 5.89. The molecule has 120 valence electrons. The number of ether oxygens (including phenoxy) is 1. The van der Waals surface area contributed by atoms with E-state index < -0.39 is 0 Å². The summed E-state index contributed by atoms with van der Waals surface area (Å²) >= 11 is 0. The zero-order valence-corrected chi connectivity index (χ0v) is 13.1. The molecule has 1 aliphatic heterocycles. The van der Waals surface area contributed by atoms with Gasteiger partial charge in [-0.2, -0.15) is 0 Å². The van der Waals surface area contributed by atoms with Gasteiger partial charge in [0.25, 0.3) is 5.91 Å². The van der Waals surface area contributed by atoms with Crippen LogP contribution in [0.1, 0.15) is 34.8 Å². The number of aryl methyl sites for hydroxylation is 1. The number of fused-ring (bicyclic) bond motifs is 1. The average molecular weight is 312 g/mol. The van der Waals surface area contributed by atoms with E-state index in [1.165, 1.54) is 18.0 Å². The van der Waals surface area contributed by atoms with Crippen LogP contribution in [0.5, 0.6) is 5.75 Å². The van der Waals surface area contributed by atoms with Crippen molar-refractivity contribution in [2.24, 2.45) is 0 Å². The number of hydrogen-bond donors (Lipinski definition) is 2. The minimum Gasteiger partial charge on any atom is -0.493 e. The number of carbonyl (C=O) groups is 1. The van der Waals surface area contributed by atoms with Gasteiger partial charge in [0, 0.05) is 25.5 Å². The molecule has 0 radical (unpaired) electrons. The van der Waals surface area contributed by atoms with Crippen LogP contribution in [0.4, 0.5) is 5.95 Å². The molecule has 23 heavy (non-hydrogen) atoms. The van der Waals surface area contributed by atoms with Crippen LogP contribution in [0.3, 0.4) is 0 Å². The number of aromatic nitrogens is 2. The number of amides is 1. The van der Waals surface area contributed by atoms with Gasteiger partial charge < -0.3 is 15.4 Å². The Kier molecular flexibility index (Phi) is 4.71. The van der Waals surface area contributed by atoms with Crippen LogP contribution < -0.4 is 15.4 Å². The van der Waals surface area contributed by atoms with Crippen molar-refractivity contribution in [3.05, 3.63) is 47.3 Å². The number of benzene rings is 1. The van der Waals surface area contributed by atoms with Crippen molar-refractivity contribution in [1.82, 2.24) is 15.3 Å². The largest absolute Gasteiger partial charge is 0.493 e. The Labute approximate surface area is 135 Å². The maximum atomic E-state index is 12.1. The Bertz CT molecular complexity index is 685. The van der Waals surface area contributed by atoms with Crippen LogP contribution in [0, 0.1) is 0 Å². The monoisotopic (exact) mass is 312 g/mol. The third-order valence-corrected chi connectivity index (χ3v) is 3.67. The topological polar surface area (TPSA) is 76.1 Å². The predicted molar refractivity (Wildman–Crippen MR) is 87.6 cm³/mol. The van der Waals surface area contributed by atoms with E-state index in [0.29, 0.717) is 18.1 Å². The number of nitrogens with one attached hydrogen (secondary N) is 2. The molecule has 2 aromatic rings. The number of carbonyl (C=O) groups excluding carboxylic acids is 1. The summed E-state index contributed by atoms with van der Waals surface area (Å²) in [6.45, 7) is 3.97. The summed E-state index contributed by atoms with van der Waals surface area (Å²) in [5.41, 5.74) is 2.72. The summed E-state index contributed by atoms with van der Waals surface area (Å²) in [7, 11) is 0. The van der Waals surface area contributed by atoms with Crippen LogP contribution >= 0.6 is 0 Å². The van der Waals surface area contributed by atoms with Crippen molar-refractivity contribution in [2.45, 2.75) is 26.3 Å². The van der Waals surface area contributed by atoms with Crippen LogP contribution in [0.15, 0.2) is 30.6 Å². The molecule has 6 nitrogen and oxygen atoms in total. The second kappa shape index (κ2) is 7.09. The fraction of sp³-hybridized carbons (Fsp3) is 0.353. The van der Waals surface area contributed by atoms with Gasteiger partial charge in [0.2, 0.25) is 5.95 Å². The second-order valence-corrected chi connectivity index (χ2v) is 5.40. The number of hydrogen-bond acceptors (Lipinski definition) is 5. The van der Waals surface area contributed by atoms with Crippen molar-refractivity contribution in [3.8, 4) is 5.75 Å². The van der Waals surface area contributed by atoms with Gasteiger partial charge in [0.15, 0.2) is 0 Å². The molecule has 0 spiro atoms. The molecule has 1 aromatic carbocycles. The Morgan fingerprint density at radius 1 is 1.30 bits per heavy atom. The molecule has 0 saturated heterocycles. The number of rotatable bonds is 5. The lowest BCUT2D eigenvalue weighted by Gasteiger charge is -2.18. The summed E-state index contributed by atoms with van der Waals surface area (Å²) < 4.78 is 5.59. The van der Waals surface area contributed by atoms with Crippen molar-refractivity contribution >= 4 is 11.9 Å². The molecule has 6 heteroatoms. The Balaban J connectivity index is 1.60. The predicted octanol–water partition coefficient (Wildman–Crippen LogP) is 2.16. The SMILES string of the molecule is CCNc1ncc(C(=O)NCc2ccc3c(c2)CCCO3)cn1. The minimum atomic E-state index is -0.179. The van der Waals surface area contributed by atoms with Gasteiger partial charge in [-0.1, -0.05) is 12.1 Å². The van der Waals surface area contributed by atoms with Gasteiger partial charge in [0.05, 0.1) is 12.2 Å². The van der Waals surface area contributed by atoms with Crippen LogP contribution in [0.25, 0.3) is 0 Å². The molecule has 1 amide bonds. The van der Waals surface area contributed by atoms with Gasteiger partial charge in [0.1, 0.15) is 5.75 Å². The maximum Gasteiger partial charge on any atom is 0.254 e. The zero-order valence-electron chi connectivity index (χ0n) is 13.1. The van der Waals surface area contributed by atoms with Crippen LogP contribution in [-0.4, -0.2) is 29.0 Å². The third-order valence-electron chi connectivity index (χ3n) is 3.67. The summed E-state index contributed by atoms with van der Waals surface area (Å²) in [6.07, 6.45) is 5.12. The minimum absolute atomic E-state index is 0.179. The van der Waals surface area contributed by atoms with E-state index >= 15 is 0 Å². The van der Waals surface area contributed by atoms with Crippen LogP contribution in [0.2, 0.25) is 0 Å². The Morgan fingerprint density at radius 3 is 2.91 bits per heavy atom. The van der Waals surface area contributed by atoms with Gasteiger partial charge in [-0.05, 0) is 37.0 Å². The molecule has 2 N–H and O–H groups in total. The van der Waals surface area contributed by atoms with Crippen molar-refractivity contribution < 1.29 is 9.53 Å². The highest BCUT2D eigenvalue weighted by atomic mass is 16.5. The first kappa shape index (κ1) is 15.3. The van der Waals surface area contributed by atoms with Crippen molar-refractivity contribution in [2.75, 3.05) is 18.5 Å². The molecular weight excluding hydrogens is 292 g/mol. The van der Waals surface area contributed by atoms with Crippen LogP contribution in [-0.2, 0) is 13.0 Å². The number of anilines is 1. The first-order valence-corrected chi connectivity index (χ1v) is 7.85. The van der Waals surface area contributed by atoms with Gasteiger partial charge >= 0.3 is 0 Å². The Morgan fingerprint density at radius 2 is 2.13 bits per heavy atom. The second-order valence-electron chi connectivity index (χ2n) is 5.40. The Hall–Kier alpha value is -2.63. The average Bonchev–Trinajstić information content (AvgIpc) is 2.60. The lowest BCUT2D eigenvalue weighted by atomic mass is 10.0. The lowest BCUT2D eigenvalue weighted by Crippen LogP contribution is -2.23.